The summed E-state index contributed by atoms with van der Waals surface area (Å²) in [5.41, 5.74) is 0. The quantitative estimate of drug-likeness (QED) is 0.427. The normalized spacial score (nSPS) is 4.00. The van der Waals surface area contributed by atoms with E-state index in [0.29, 0.717) is 0 Å². The van der Waals surface area contributed by atoms with Crippen LogP contribution in [0.1, 0.15) is 0 Å². The van der Waals surface area contributed by atoms with Gasteiger partial charge in [-0.1, -0.05) is 0 Å². The minimum atomic E-state index is 1.40. The molecule has 0 saturated heterocycles. The van der Waals surface area contributed by atoms with Gasteiger partial charge in [0.05, 0.1) is 0 Å². The number of hydrogen-bond donors (Lipinski definition) is 0. The van der Waals surface area contributed by atoms with Crippen LogP contribution in [-0.4, -0.2) is 12.1 Å². The predicted molar refractivity (Wildman–Crippen MR) is 26.7 cm³/mol. The second kappa shape index (κ2) is 3.57. The Hall–Kier alpha value is 0.570. The zero-order chi connectivity index (χ0) is 3.41. The van der Waals surface area contributed by atoms with E-state index in [-0.39, 0.29) is 0 Å². The molecule has 0 nitrogen and oxygen atoms in total. The molecule has 0 aromatic carbocycles. The maximum atomic E-state index is 4.27. The molecule has 4 heavy (non-hydrogen) atoms. The zero-order valence-electron chi connectivity index (χ0n) is 1.97. The Balaban J connectivity index is 2.73. The molecule has 0 atom stereocenters. The average Bonchev–Trinajstić information content (AvgIpc) is 1.37. The van der Waals surface area contributed by atoms with Crippen molar-refractivity contribution in [3.05, 3.63) is 0 Å². The van der Waals surface area contributed by atoms with Crippen LogP contribution < -0.4 is 0 Å². The molecule has 1 radical (unpaired) electrons. The van der Waals surface area contributed by atoms with Gasteiger partial charge in [-0.15, -0.1) is 0 Å². The van der Waals surface area contributed by atoms with Gasteiger partial charge >= 0.3 is 36.2 Å². The van der Waals surface area contributed by atoms with Gasteiger partial charge in [0.15, 0.2) is 0 Å². The fourth-order valence-electron chi connectivity index (χ4n) is 0. The molecule has 0 aromatic heterocycles. The molecule has 19 valence electrons. The van der Waals surface area contributed by atoms with E-state index in [1.165, 1.54) is 12.1 Å². The topological polar surface area (TPSA) is 0 Å². The summed E-state index contributed by atoms with van der Waals surface area (Å²) in [5, 5.41) is 0. The number of hydrogen-bond acceptors (Lipinski definition) is 2. The Bertz CT molecular complexity index is 25.0. The van der Waals surface area contributed by atoms with E-state index in [1.54, 1.807) is 0 Å². The fourth-order valence-corrected chi connectivity index (χ4v) is 0. The first-order chi connectivity index (χ1) is 1.91. The molecular formula is B2S2-. The molecule has 0 aliphatic carbocycles. The Morgan fingerprint density at radius 1 is 1.75 bits per heavy atom. The van der Waals surface area contributed by atoms with E-state index in [4.69, 9.17) is 0 Å². The zero-order valence-corrected chi connectivity index (χ0v) is 3.60. The van der Waals surface area contributed by atoms with Crippen LogP contribution in [0.4, 0.5) is 0 Å². The van der Waals surface area contributed by atoms with Gasteiger partial charge in [-0.2, -0.15) is 0 Å². The molecule has 0 amide bonds. The van der Waals surface area contributed by atoms with Gasteiger partial charge in [0.2, 0.25) is 0 Å². The molecule has 4 heteroatoms. The van der Waals surface area contributed by atoms with Crippen LogP contribution in [-0.2, 0) is 0 Å². The van der Waals surface area contributed by atoms with Gasteiger partial charge in [-0.05, 0) is 0 Å². The molecule has 0 spiro atoms. The summed E-state index contributed by atoms with van der Waals surface area (Å²) < 4.78 is 0. The van der Waals surface area contributed by atoms with Crippen LogP contribution >= 0.6 is 24.1 Å². The van der Waals surface area contributed by atoms with Gasteiger partial charge in [-0.25, -0.2) is 0 Å². The van der Waals surface area contributed by atoms with Crippen LogP contribution in [0.2, 0.25) is 0 Å². The van der Waals surface area contributed by atoms with E-state index in [2.05, 4.69) is 24.1 Å². The third-order valence-corrected chi connectivity index (χ3v) is 0.500. The van der Waals surface area contributed by atoms with E-state index in [1.807, 2.05) is 0 Å². The molecule has 0 rings (SSSR count). The van der Waals surface area contributed by atoms with Gasteiger partial charge in [0.25, 0.3) is 0 Å². The Morgan fingerprint density at radius 2 is 2.00 bits per heavy atom. The van der Waals surface area contributed by atoms with Crippen molar-refractivity contribution in [3.63, 3.8) is 0 Å². The van der Waals surface area contributed by atoms with Crippen molar-refractivity contribution >= 4 is 36.2 Å². The predicted octanol–water partition coefficient (Wildman–Crippen LogP) is 0.535. The molecule has 0 saturated carbocycles. The second-order valence-electron chi connectivity index (χ2n) is 0.272. The van der Waals surface area contributed by atoms with Crippen molar-refractivity contribution in [3.8, 4) is 0 Å². The molecule has 0 bridgehead atoms. The van der Waals surface area contributed by atoms with Crippen molar-refractivity contribution in [1.29, 1.82) is 0 Å². The minimum absolute atomic E-state index is 1.40. The van der Waals surface area contributed by atoms with Gasteiger partial charge in [-0.3, -0.25) is 0 Å². The Morgan fingerprint density at radius 3 is 2.00 bits per heavy atom. The van der Waals surface area contributed by atoms with Crippen LogP contribution in [0.25, 0.3) is 0 Å². The summed E-state index contributed by atoms with van der Waals surface area (Å²) >= 11 is 8.54. The average molecular weight is 85.8 g/mol. The SMILES string of the molecule is S=B[B-]=S. The summed E-state index contributed by atoms with van der Waals surface area (Å²) in [6.07, 6.45) is 0. The van der Waals surface area contributed by atoms with Crippen molar-refractivity contribution in [1.82, 2.24) is 0 Å². The maximum absolute atomic E-state index is 4.27. The van der Waals surface area contributed by atoms with Crippen molar-refractivity contribution in [2.45, 2.75) is 0 Å². The molecule has 0 N–H and O–H groups in total. The monoisotopic (exact) mass is 86.0 g/mol. The molecular weight excluding hydrogens is 85.8 g/mol. The Labute approximate surface area is 36.8 Å². The van der Waals surface area contributed by atoms with Crippen molar-refractivity contribution in [2.24, 2.45) is 0 Å². The van der Waals surface area contributed by atoms with Crippen LogP contribution in [0.15, 0.2) is 0 Å². The standard InChI is InChI=1S/B2S2/c3-1-2-4/q-1. The molecule has 0 fully saturated rings. The second-order valence-corrected chi connectivity index (χ2v) is 0.816. The summed E-state index contributed by atoms with van der Waals surface area (Å²) in [5.74, 6) is 0. The van der Waals surface area contributed by atoms with Crippen molar-refractivity contribution < 1.29 is 0 Å². The first kappa shape index (κ1) is 4.57. The van der Waals surface area contributed by atoms with Crippen LogP contribution in [0, 0.1) is 0 Å². The summed E-state index contributed by atoms with van der Waals surface area (Å²) in [6, 6.07) is 2.80. The van der Waals surface area contributed by atoms with Gasteiger partial charge < -0.3 is 0 Å². The summed E-state index contributed by atoms with van der Waals surface area (Å²) in [4.78, 5) is 0. The van der Waals surface area contributed by atoms with Crippen LogP contribution in [0.3, 0.4) is 0 Å². The molecule has 0 unspecified atom stereocenters. The number of rotatable bonds is 1. The van der Waals surface area contributed by atoms with Crippen LogP contribution in [0.5, 0.6) is 0 Å². The van der Waals surface area contributed by atoms with Gasteiger partial charge in [0.1, 0.15) is 0 Å². The van der Waals surface area contributed by atoms with Gasteiger partial charge in [0, 0.05) is 0 Å². The third-order valence-electron chi connectivity index (χ3n) is 0.0556. The molecule has 0 heterocycles. The van der Waals surface area contributed by atoms with E-state index >= 15 is 0 Å². The fraction of sp³-hybridized carbons (Fsp3) is 0. The first-order valence-electron chi connectivity index (χ1n) is 0.805. The molecule has 0 aromatic rings. The summed E-state index contributed by atoms with van der Waals surface area (Å²) in [6.45, 7) is 0. The Kier molecular flexibility index (Phi) is 4.08. The van der Waals surface area contributed by atoms with E-state index < -0.39 is 0 Å². The van der Waals surface area contributed by atoms with E-state index in [9.17, 15) is 0 Å². The summed E-state index contributed by atoms with van der Waals surface area (Å²) in [7, 11) is 0. The third kappa shape index (κ3) is 2.57. The van der Waals surface area contributed by atoms with E-state index in [0.717, 1.165) is 0 Å². The first-order valence-corrected chi connectivity index (χ1v) is 1.75. The van der Waals surface area contributed by atoms with Crippen molar-refractivity contribution in [2.75, 3.05) is 0 Å². The molecule has 0 aliphatic rings. The molecule has 0 aliphatic heterocycles.